The molecule has 0 aromatic rings. The van der Waals surface area contributed by atoms with Crippen molar-refractivity contribution in [3.8, 4) is 0 Å². The van der Waals surface area contributed by atoms with Gasteiger partial charge in [0.15, 0.2) is 0 Å². The molecular weight excluding hydrogens is 888 g/mol. The first-order valence-corrected chi connectivity index (χ1v) is 29.0. The van der Waals surface area contributed by atoms with E-state index in [-0.39, 0.29) is 18.9 Å². The van der Waals surface area contributed by atoms with E-state index in [1.165, 1.54) is 70.6 Å². The molecular formula is C61H103N2O6P. The van der Waals surface area contributed by atoms with Crippen LogP contribution in [0, 0.1) is 0 Å². The normalized spacial score (nSPS) is 15.0. The molecule has 2 N–H and O–H groups in total. The lowest BCUT2D eigenvalue weighted by Gasteiger charge is -2.29. The molecule has 0 fully saturated rings. The van der Waals surface area contributed by atoms with E-state index in [9.17, 15) is 19.4 Å². The summed E-state index contributed by atoms with van der Waals surface area (Å²) < 4.78 is 23.3. The topological polar surface area (TPSA) is 108 Å². The number of rotatable bonds is 48. The van der Waals surface area contributed by atoms with E-state index in [0.29, 0.717) is 17.4 Å². The van der Waals surface area contributed by atoms with Crippen molar-refractivity contribution in [2.75, 3.05) is 40.9 Å². The molecule has 8 nitrogen and oxygen atoms in total. The average molecular weight is 991 g/mol. The molecule has 70 heavy (non-hydrogen) atoms. The van der Waals surface area contributed by atoms with Crippen LogP contribution in [0.25, 0.3) is 0 Å². The number of likely N-dealkylation sites (N-methyl/N-ethyl adjacent to an activating group) is 1. The summed E-state index contributed by atoms with van der Waals surface area (Å²) in [5.41, 5.74) is 0. The quantitative estimate of drug-likeness (QED) is 0.0272. The van der Waals surface area contributed by atoms with Crippen LogP contribution in [0.15, 0.2) is 134 Å². The Bertz CT molecular complexity index is 1590. The van der Waals surface area contributed by atoms with E-state index in [1.54, 1.807) is 6.08 Å². The fourth-order valence-electron chi connectivity index (χ4n) is 7.06. The lowest BCUT2D eigenvalue weighted by Crippen LogP contribution is -2.45. The molecule has 0 saturated heterocycles. The van der Waals surface area contributed by atoms with Crippen LogP contribution in [-0.4, -0.2) is 68.5 Å². The van der Waals surface area contributed by atoms with Crippen LogP contribution < -0.4 is 10.2 Å². The van der Waals surface area contributed by atoms with Gasteiger partial charge in [-0.05, 0) is 96.3 Å². The molecule has 398 valence electrons. The largest absolute Gasteiger partial charge is 0.756 e. The number of nitrogens with zero attached hydrogens (tertiary/aromatic N) is 1. The fourth-order valence-corrected chi connectivity index (χ4v) is 7.78. The second-order valence-corrected chi connectivity index (χ2v) is 20.6. The predicted molar refractivity (Wildman–Crippen MR) is 302 cm³/mol. The summed E-state index contributed by atoms with van der Waals surface area (Å²) in [6, 6.07) is -0.920. The Balaban J connectivity index is 4.35. The van der Waals surface area contributed by atoms with Gasteiger partial charge in [-0.15, -0.1) is 0 Å². The third-order valence-corrected chi connectivity index (χ3v) is 12.3. The number of amides is 1. The minimum Gasteiger partial charge on any atom is -0.756 e. The monoisotopic (exact) mass is 991 g/mol. The molecule has 0 bridgehead atoms. The zero-order chi connectivity index (χ0) is 51.3. The number of hydrogen-bond acceptors (Lipinski definition) is 6. The second kappa shape index (κ2) is 50.6. The number of carbonyl (C=O) groups excluding carboxylic acids is 1. The number of quaternary nitrogens is 1. The summed E-state index contributed by atoms with van der Waals surface area (Å²) in [7, 11) is 1.21. The summed E-state index contributed by atoms with van der Waals surface area (Å²) in [4.78, 5) is 25.4. The molecule has 0 radical (unpaired) electrons. The zero-order valence-corrected chi connectivity index (χ0v) is 46.1. The molecule has 0 aromatic carbocycles. The number of carbonyl (C=O) groups is 1. The molecule has 9 heteroatoms. The number of allylic oxidation sites excluding steroid dienone is 21. The second-order valence-electron chi connectivity index (χ2n) is 19.2. The number of unbranched alkanes of at least 4 members (excludes halogenated alkanes) is 15. The van der Waals surface area contributed by atoms with Gasteiger partial charge >= 0.3 is 0 Å². The maximum absolute atomic E-state index is 12.9. The Kier molecular flexibility index (Phi) is 48.1. The Morgan fingerprint density at radius 2 is 0.871 bits per heavy atom. The van der Waals surface area contributed by atoms with Gasteiger partial charge in [0.05, 0.1) is 39.9 Å². The predicted octanol–water partition coefficient (Wildman–Crippen LogP) is 16.1. The maximum atomic E-state index is 12.9. The highest BCUT2D eigenvalue weighted by molar-refractivity contribution is 7.45. The Labute approximate surface area is 430 Å². The molecule has 0 spiro atoms. The van der Waals surface area contributed by atoms with Crippen molar-refractivity contribution in [1.82, 2.24) is 5.32 Å². The summed E-state index contributed by atoms with van der Waals surface area (Å²) in [6.07, 6.45) is 76.6. The first kappa shape index (κ1) is 66.6. The first-order chi connectivity index (χ1) is 34.0. The van der Waals surface area contributed by atoms with Crippen LogP contribution >= 0.6 is 7.82 Å². The van der Waals surface area contributed by atoms with Crippen molar-refractivity contribution in [1.29, 1.82) is 0 Å². The number of phosphoric acid groups is 1. The van der Waals surface area contributed by atoms with Crippen molar-refractivity contribution < 1.29 is 32.9 Å². The third kappa shape index (κ3) is 52.5. The third-order valence-electron chi connectivity index (χ3n) is 11.4. The highest BCUT2D eigenvalue weighted by atomic mass is 31.2. The summed E-state index contributed by atoms with van der Waals surface area (Å²) >= 11 is 0. The van der Waals surface area contributed by atoms with Crippen LogP contribution in [0.5, 0.6) is 0 Å². The van der Waals surface area contributed by atoms with Gasteiger partial charge in [-0.1, -0.05) is 225 Å². The Morgan fingerprint density at radius 3 is 1.27 bits per heavy atom. The Hall–Kier alpha value is -3.36. The lowest BCUT2D eigenvalue weighted by molar-refractivity contribution is -0.870. The molecule has 0 aliphatic carbocycles. The number of aliphatic hydroxyl groups is 1. The van der Waals surface area contributed by atoms with Gasteiger partial charge in [0.1, 0.15) is 13.2 Å². The van der Waals surface area contributed by atoms with Gasteiger partial charge in [0, 0.05) is 6.42 Å². The summed E-state index contributed by atoms with van der Waals surface area (Å²) in [5, 5.41) is 13.8. The van der Waals surface area contributed by atoms with Crippen LogP contribution in [0.2, 0.25) is 0 Å². The molecule has 0 aliphatic rings. The lowest BCUT2D eigenvalue weighted by atomic mass is 10.0. The van der Waals surface area contributed by atoms with Crippen LogP contribution in [0.1, 0.15) is 194 Å². The van der Waals surface area contributed by atoms with Crippen molar-refractivity contribution in [3.05, 3.63) is 134 Å². The molecule has 0 rings (SSSR count). The standard InChI is InChI=1S/C61H103N2O6P/c1-6-8-10-12-14-16-18-20-22-23-24-25-26-27-28-29-30-31-32-33-34-35-36-37-38-39-41-43-45-47-49-51-53-55-61(65)62-59(58-69-70(66,67)68-57-56-63(3,4)5)60(64)54-52-50-48-46-44-42-40-21-19-17-15-13-11-9-7-2/h8,10,14,16,20,22,24-25,27-28,30-31,33-34,36-37,39,41,45,47,52,54,59-60,64H,6-7,9,11-13,15,17-19,21,23,26,29,32,35,38,40,42-44,46,48-51,53,55-58H2,1-5H3,(H-,62,65,66,67)/b10-8-,16-14-,22-20-,25-24-,28-27-,31-30-,34-33-,37-36-,41-39-,47-45-,54-52+. The van der Waals surface area contributed by atoms with E-state index in [0.717, 1.165) is 96.3 Å². The van der Waals surface area contributed by atoms with Gasteiger partial charge in [0.25, 0.3) is 7.82 Å². The van der Waals surface area contributed by atoms with Crippen LogP contribution in [-0.2, 0) is 18.4 Å². The smallest absolute Gasteiger partial charge is 0.268 e. The number of hydrogen-bond donors (Lipinski definition) is 2. The van der Waals surface area contributed by atoms with E-state index >= 15 is 0 Å². The van der Waals surface area contributed by atoms with Gasteiger partial charge in [0.2, 0.25) is 5.91 Å². The molecule has 0 aliphatic heterocycles. The van der Waals surface area contributed by atoms with Gasteiger partial charge < -0.3 is 28.8 Å². The SMILES string of the molecule is CC/C=C\C/C=C\C/C=C\C/C=C\C/C=C\C/C=C\C/C=C\C/C=C\C/C=C\C/C=C\CCCCC(=O)NC(COP(=O)([O-])OCC[N+](C)(C)C)C(O)/C=C/CCCCCCCCCCCCCCC. The van der Waals surface area contributed by atoms with E-state index in [1.807, 2.05) is 27.2 Å². The minimum absolute atomic E-state index is 0.0172. The molecule has 1 amide bonds. The molecule has 3 atom stereocenters. The van der Waals surface area contributed by atoms with E-state index in [4.69, 9.17) is 9.05 Å². The van der Waals surface area contributed by atoms with Crippen molar-refractivity contribution >= 4 is 13.7 Å². The van der Waals surface area contributed by atoms with Gasteiger partial charge in [-0.2, -0.15) is 0 Å². The number of phosphoric ester groups is 1. The first-order valence-electron chi connectivity index (χ1n) is 27.5. The number of aliphatic hydroxyl groups excluding tert-OH is 1. The maximum Gasteiger partial charge on any atom is 0.268 e. The summed E-state index contributed by atoms with van der Waals surface area (Å²) in [6.45, 7) is 4.48. The average Bonchev–Trinajstić information content (AvgIpc) is 3.32. The van der Waals surface area contributed by atoms with Gasteiger partial charge in [-0.3, -0.25) is 9.36 Å². The molecule has 0 heterocycles. The molecule has 3 unspecified atom stereocenters. The van der Waals surface area contributed by atoms with Gasteiger partial charge in [-0.25, -0.2) is 0 Å². The zero-order valence-electron chi connectivity index (χ0n) is 45.2. The Morgan fingerprint density at radius 1 is 0.514 bits per heavy atom. The van der Waals surface area contributed by atoms with Crippen LogP contribution in [0.3, 0.4) is 0 Å². The number of nitrogens with one attached hydrogen (secondary N) is 1. The minimum atomic E-state index is -4.62. The van der Waals surface area contributed by atoms with E-state index in [2.05, 4.69) is 141 Å². The molecule has 0 saturated carbocycles. The van der Waals surface area contributed by atoms with Crippen LogP contribution in [0.4, 0.5) is 0 Å². The molecule has 0 aromatic heterocycles. The van der Waals surface area contributed by atoms with Crippen molar-refractivity contribution in [2.24, 2.45) is 0 Å². The fraction of sp³-hybridized carbons (Fsp3) is 0.623. The van der Waals surface area contributed by atoms with E-state index < -0.39 is 26.6 Å². The summed E-state index contributed by atoms with van der Waals surface area (Å²) in [5.74, 6) is -0.246. The van der Waals surface area contributed by atoms with Crippen molar-refractivity contribution in [3.63, 3.8) is 0 Å². The van der Waals surface area contributed by atoms with Crippen molar-refractivity contribution in [2.45, 2.75) is 206 Å². The highest BCUT2D eigenvalue weighted by Crippen LogP contribution is 2.38. The highest BCUT2D eigenvalue weighted by Gasteiger charge is 2.23.